The van der Waals surface area contributed by atoms with E-state index in [4.69, 9.17) is 4.74 Å². The molecule has 2 heterocycles. The van der Waals surface area contributed by atoms with Gasteiger partial charge in [0.05, 0.1) is 18.4 Å². The lowest BCUT2D eigenvalue weighted by molar-refractivity contribution is 0.188. The Morgan fingerprint density at radius 2 is 2.44 bits per heavy atom. The molecule has 0 saturated carbocycles. The van der Waals surface area contributed by atoms with Crippen LogP contribution in [0.3, 0.4) is 0 Å². The normalized spacial score (nSPS) is 22.2. The lowest BCUT2D eigenvalue weighted by Crippen LogP contribution is -2.32. The fourth-order valence-electron chi connectivity index (χ4n) is 2.12. The van der Waals surface area contributed by atoms with Gasteiger partial charge in [-0.25, -0.2) is 13.1 Å². The summed E-state index contributed by atoms with van der Waals surface area (Å²) in [6.07, 6.45) is 1.61. The minimum atomic E-state index is -3.23. The van der Waals surface area contributed by atoms with Crippen LogP contribution in [-0.4, -0.2) is 27.4 Å². The van der Waals surface area contributed by atoms with E-state index < -0.39 is 10.0 Å². The van der Waals surface area contributed by atoms with Crippen LogP contribution in [0.25, 0.3) is 0 Å². The first-order valence-electron chi connectivity index (χ1n) is 6.22. The minimum Gasteiger partial charge on any atom is -0.381 e. The van der Waals surface area contributed by atoms with Gasteiger partial charge < -0.3 is 4.74 Å². The van der Waals surface area contributed by atoms with E-state index in [9.17, 15) is 8.42 Å². The fraction of sp³-hybridized carbons (Fsp3) is 0.667. The molecule has 4 nitrogen and oxygen atoms in total. The highest BCUT2D eigenvalue weighted by Gasteiger charge is 2.25. The third kappa shape index (κ3) is 3.78. The molecule has 0 radical (unpaired) electrons. The molecule has 1 aromatic rings. The monoisotopic (exact) mass is 289 g/mol. The number of hydrogen-bond donors (Lipinski definition) is 1. The molecule has 1 aromatic heterocycles. The van der Waals surface area contributed by atoms with E-state index in [1.54, 1.807) is 11.3 Å². The zero-order valence-electron chi connectivity index (χ0n) is 10.5. The van der Waals surface area contributed by atoms with Crippen molar-refractivity contribution < 1.29 is 13.2 Å². The maximum absolute atomic E-state index is 12.1. The van der Waals surface area contributed by atoms with Crippen LogP contribution in [0.2, 0.25) is 0 Å². The number of sulfonamides is 1. The molecule has 1 aliphatic heterocycles. The highest BCUT2D eigenvalue weighted by Crippen LogP contribution is 2.23. The minimum absolute atomic E-state index is 0.0997. The Labute approximate surface area is 112 Å². The van der Waals surface area contributed by atoms with E-state index >= 15 is 0 Å². The van der Waals surface area contributed by atoms with Crippen molar-refractivity contribution in [3.05, 3.63) is 22.4 Å². The van der Waals surface area contributed by atoms with Gasteiger partial charge in [-0.3, -0.25) is 0 Å². The summed E-state index contributed by atoms with van der Waals surface area (Å²) in [5, 5.41) is 1.97. The largest absolute Gasteiger partial charge is 0.381 e. The van der Waals surface area contributed by atoms with Crippen molar-refractivity contribution in [3.63, 3.8) is 0 Å². The molecule has 1 fully saturated rings. The van der Waals surface area contributed by atoms with Crippen LogP contribution in [0.1, 0.15) is 30.7 Å². The molecule has 0 bridgehead atoms. The first-order valence-corrected chi connectivity index (χ1v) is 8.75. The molecule has 2 rings (SSSR count). The molecular formula is C12H19NO3S2. The van der Waals surface area contributed by atoms with Crippen molar-refractivity contribution in [3.8, 4) is 0 Å². The third-order valence-corrected chi connectivity index (χ3v) is 5.64. The molecule has 1 N–H and O–H groups in total. The average molecular weight is 289 g/mol. The van der Waals surface area contributed by atoms with Gasteiger partial charge >= 0.3 is 0 Å². The Morgan fingerprint density at radius 3 is 3.00 bits per heavy atom. The van der Waals surface area contributed by atoms with Crippen molar-refractivity contribution in [2.75, 3.05) is 19.0 Å². The van der Waals surface area contributed by atoms with E-state index in [-0.39, 0.29) is 17.7 Å². The lowest BCUT2D eigenvalue weighted by atomic mass is 10.2. The topological polar surface area (TPSA) is 55.4 Å². The van der Waals surface area contributed by atoms with E-state index in [1.807, 2.05) is 24.4 Å². The van der Waals surface area contributed by atoms with Gasteiger partial charge in [0.25, 0.3) is 0 Å². The zero-order chi connectivity index (χ0) is 13.0. The smallest absolute Gasteiger partial charge is 0.212 e. The van der Waals surface area contributed by atoms with Gasteiger partial charge in [-0.05, 0) is 30.2 Å². The molecule has 2 unspecified atom stereocenters. The Hall–Kier alpha value is -0.430. The molecule has 0 amide bonds. The van der Waals surface area contributed by atoms with Crippen molar-refractivity contribution >= 4 is 21.4 Å². The van der Waals surface area contributed by atoms with Crippen LogP contribution in [-0.2, 0) is 14.8 Å². The van der Waals surface area contributed by atoms with E-state index in [1.165, 1.54) is 0 Å². The number of hydrogen-bond acceptors (Lipinski definition) is 4. The molecule has 18 heavy (non-hydrogen) atoms. The number of ether oxygens (including phenoxy) is 1. The summed E-state index contributed by atoms with van der Waals surface area (Å²) < 4.78 is 32.2. The maximum Gasteiger partial charge on any atom is 0.212 e. The summed E-state index contributed by atoms with van der Waals surface area (Å²) in [6.45, 7) is 3.24. The summed E-state index contributed by atoms with van der Waals surface area (Å²) in [6, 6.07) is 3.82. The first kappa shape index (κ1) is 14.0. The SMILES string of the molecule is CCC(NS(=O)(=O)CC1CCOC1)c1cccs1. The Balaban J connectivity index is 1.97. The second-order valence-electron chi connectivity index (χ2n) is 4.61. The molecule has 1 aliphatic rings. The van der Waals surface area contributed by atoms with E-state index in [0.717, 1.165) is 17.7 Å². The summed E-state index contributed by atoms with van der Waals surface area (Å²) >= 11 is 1.59. The highest BCUT2D eigenvalue weighted by molar-refractivity contribution is 7.89. The summed E-state index contributed by atoms with van der Waals surface area (Å²) in [4.78, 5) is 1.07. The number of nitrogens with one attached hydrogen (secondary N) is 1. The Bertz CT molecular complexity index is 450. The van der Waals surface area contributed by atoms with Gasteiger partial charge in [0.1, 0.15) is 0 Å². The van der Waals surface area contributed by atoms with Crippen LogP contribution >= 0.6 is 11.3 Å². The summed E-state index contributed by atoms with van der Waals surface area (Å²) in [7, 11) is -3.23. The van der Waals surface area contributed by atoms with E-state index in [0.29, 0.717) is 13.2 Å². The molecule has 0 aliphatic carbocycles. The third-order valence-electron chi connectivity index (χ3n) is 3.10. The predicted molar refractivity (Wildman–Crippen MR) is 73.2 cm³/mol. The van der Waals surface area contributed by atoms with E-state index in [2.05, 4.69) is 4.72 Å². The molecule has 2 atom stereocenters. The second kappa shape index (κ2) is 6.14. The maximum atomic E-state index is 12.1. The zero-order valence-corrected chi connectivity index (χ0v) is 12.1. The predicted octanol–water partition coefficient (Wildman–Crippen LogP) is 2.16. The van der Waals surface area contributed by atoms with Gasteiger partial charge in [-0.2, -0.15) is 0 Å². The average Bonchev–Trinajstić information content (AvgIpc) is 2.97. The van der Waals surface area contributed by atoms with Gasteiger partial charge in [-0.1, -0.05) is 13.0 Å². The Kier molecular flexibility index (Phi) is 4.77. The van der Waals surface area contributed by atoms with Crippen LogP contribution in [0, 0.1) is 5.92 Å². The molecule has 1 saturated heterocycles. The van der Waals surface area contributed by atoms with Gasteiger partial charge in [-0.15, -0.1) is 11.3 Å². The van der Waals surface area contributed by atoms with Gasteiger partial charge in [0.2, 0.25) is 10.0 Å². The van der Waals surface area contributed by atoms with Crippen molar-refractivity contribution in [1.29, 1.82) is 0 Å². The summed E-state index contributed by atoms with van der Waals surface area (Å²) in [5.74, 6) is 0.317. The highest BCUT2D eigenvalue weighted by atomic mass is 32.2. The second-order valence-corrected chi connectivity index (χ2v) is 7.38. The lowest BCUT2D eigenvalue weighted by Gasteiger charge is -2.17. The van der Waals surface area contributed by atoms with Crippen molar-refractivity contribution in [2.24, 2.45) is 5.92 Å². The number of rotatable bonds is 6. The molecular weight excluding hydrogens is 270 g/mol. The number of thiophene rings is 1. The molecule has 6 heteroatoms. The van der Waals surface area contributed by atoms with Crippen LogP contribution in [0.15, 0.2) is 17.5 Å². The first-order chi connectivity index (χ1) is 8.61. The van der Waals surface area contributed by atoms with Crippen LogP contribution < -0.4 is 4.72 Å². The molecule has 0 aromatic carbocycles. The van der Waals surface area contributed by atoms with Crippen LogP contribution in [0.4, 0.5) is 0 Å². The standard InChI is InChI=1S/C12H19NO3S2/c1-2-11(12-4-3-7-17-12)13-18(14,15)9-10-5-6-16-8-10/h3-4,7,10-11,13H,2,5-6,8-9H2,1H3. The van der Waals surface area contributed by atoms with Gasteiger partial charge in [0, 0.05) is 11.5 Å². The van der Waals surface area contributed by atoms with Gasteiger partial charge in [0.15, 0.2) is 0 Å². The Morgan fingerprint density at radius 1 is 1.61 bits per heavy atom. The molecule has 102 valence electrons. The summed E-state index contributed by atoms with van der Waals surface area (Å²) in [5.41, 5.74) is 0. The fourth-order valence-corrected chi connectivity index (χ4v) is 4.76. The van der Waals surface area contributed by atoms with Crippen molar-refractivity contribution in [1.82, 2.24) is 4.72 Å². The van der Waals surface area contributed by atoms with Crippen molar-refractivity contribution in [2.45, 2.75) is 25.8 Å². The quantitative estimate of drug-likeness (QED) is 0.873. The van der Waals surface area contributed by atoms with Crippen LogP contribution in [0.5, 0.6) is 0 Å². The molecule has 0 spiro atoms.